The van der Waals surface area contributed by atoms with Crippen molar-refractivity contribution in [3.63, 3.8) is 0 Å². The molecule has 3 aromatic rings. The maximum Gasteiger partial charge on any atom is 0.0998 e. The summed E-state index contributed by atoms with van der Waals surface area (Å²) in [6, 6.07) is 18.3. The minimum absolute atomic E-state index is 0.704. The van der Waals surface area contributed by atoms with Crippen LogP contribution in [0.5, 0.6) is 0 Å². The van der Waals surface area contributed by atoms with Crippen molar-refractivity contribution in [3.05, 3.63) is 77.1 Å². The first-order valence-electron chi connectivity index (χ1n) is 7.95. The Kier molecular flexibility index (Phi) is 4.74. The van der Waals surface area contributed by atoms with Gasteiger partial charge in [0.2, 0.25) is 0 Å². The Balaban J connectivity index is 1.65. The van der Waals surface area contributed by atoms with Gasteiger partial charge in [-0.15, -0.1) is 0 Å². The number of aromatic nitrogens is 2. The highest BCUT2D eigenvalue weighted by atomic mass is 15.2. The predicted molar refractivity (Wildman–Crippen MR) is 95.1 cm³/mol. The van der Waals surface area contributed by atoms with E-state index in [9.17, 15) is 5.26 Å². The van der Waals surface area contributed by atoms with Crippen molar-refractivity contribution in [3.8, 4) is 17.2 Å². The zero-order valence-electron chi connectivity index (χ0n) is 14.0. The van der Waals surface area contributed by atoms with Gasteiger partial charge in [0.25, 0.3) is 0 Å². The Morgan fingerprint density at radius 2 is 1.83 bits per heavy atom. The molecule has 0 aliphatic rings. The second-order valence-electron chi connectivity index (χ2n) is 5.87. The molecule has 0 fully saturated rings. The third-order valence-electron chi connectivity index (χ3n) is 4.07. The second kappa shape index (κ2) is 7.12. The van der Waals surface area contributed by atoms with E-state index < -0.39 is 0 Å². The van der Waals surface area contributed by atoms with Crippen molar-refractivity contribution in [2.75, 3.05) is 0 Å². The molecule has 0 unspecified atom stereocenters. The van der Waals surface area contributed by atoms with Crippen molar-refractivity contribution in [1.29, 1.82) is 5.26 Å². The largest absolute Gasteiger partial charge is 0.308 e. The maximum absolute atomic E-state index is 9.22. The number of aryl methyl sites for hydroxylation is 2. The van der Waals surface area contributed by atoms with Gasteiger partial charge in [0.05, 0.1) is 17.3 Å². The molecule has 0 spiro atoms. The quantitative estimate of drug-likeness (QED) is 0.783. The Morgan fingerprint density at radius 3 is 2.50 bits per heavy atom. The number of hydrogen-bond acceptors (Lipinski definition) is 3. The monoisotopic (exact) mass is 316 g/mol. The lowest BCUT2D eigenvalue weighted by atomic mass is 9.99. The van der Waals surface area contributed by atoms with Crippen molar-refractivity contribution < 1.29 is 0 Å². The lowest BCUT2D eigenvalue weighted by Crippen LogP contribution is -2.12. The summed E-state index contributed by atoms with van der Waals surface area (Å²) in [4.78, 5) is 0. The summed E-state index contributed by atoms with van der Waals surface area (Å²) >= 11 is 0. The third kappa shape index (κ3) is 3.53. The number of hydrogen-bond donors (Lipinski definition) is 1. The van der Waals surface area contributed by atoms with Crippen molar-refractivity contribution >= 4 is 0 Å². The fraction of sp³-hybridized carbons (Fsp3) is 0.200. The number of nitrogens with one attached hydrogen (secondary N) is 1. The van der Waals surface area contributed by atoms with Gasteiger partial charge in [-0.2, -0.15) is 10.4 Å². The van der Waals surface area contributed by atoms with E-state index in [4.69, 9.17) is 0 Å². The minimum Gasteiger partial charge on any atom is -0.308 e. The molecule has 1 aromatic heterocycles. The molecule has 0 atom stereocenters. The fourth-order valence-corrected chi connectivity index (χ4v) is 2.80. The van der Waals surface area contributed by atoms with Gasteiger partial charge in [0.15, 0.2) is 0 Å². The SMILES string of the molecule is Cc1nn(C)cc1CNCc1ccc(-c2ccccc2C#N)cc1. The molecule has 4 heteroatoms. The number of rotatable bonds is 5. The molecule has 0 radical (unpaired) electrons. The first kappa shape index (κ1) is 16.0. The van der Waals surface area contributed by atoms with Crippen LogP contribution in [-0.4, -0.2) is 9.78 Å². The van der Waals surface area contributed by atoms with Crippen molar-refractivity contribution in [1.82, 2.24) is 15.1 Å². The zero-order chi connectivity index (χ0) is 16.9. The van der Waals surface area contributed by atoms with E-state index in [2.05, 4.69) is 40.8 Å². The lowest BCUT2D eigenvalue weighted by molar-refractivity contribution is 0.690. The van der Waals surface area contributed by atoms with Crippen LogP contribution in [0.1, 0.15) is 22.4 Å². The molecule has 0 amide bonds. The fourth-order valence-electron chi connectivity index (χ4n) is 2.80. The van der Waals surface area contributed by atoms with Crippen molar-refractivity contribution in [2.45, 2.75) is 20.0 Å². The molecular weight excluding hydrogens is 296 g/mol. The average molecular weight is 316 g/mol. The molecule has 1 N–H and O–H groups in total. The molecule has 2 aromatic carbocycles. The van der Waals surface area contributed by atoms with Crippen LogP contribution in [0.4, 0.5) is 0 Å². The molecule has 1 heterocycles. The highest BCUT2D eigenvalue weighted by Crippen LogP contribution is 2.23. The summed E-state index contributed by atoms with van der Waals surface area (Å²) < 4.78 is 1.84. The van der Waals surface area contributed by atoms with Gasteiger partial charge < -0.3 is 5.32 Å². The Morgan fingerprint density at radius 1 is 1.08 bits per heavy atom. The molecule has 4 nitrogen and oxygen atoms in total. The highest BCUT2D eigenvalue weighted by Gasteiger charge is 2.05. The van der Waals surface area contributed by atoms with Gasteiger partial charge in [-0.05, 0) is 29.7 Å². The van der Waals surface area contributed by atoms with Crippen LogP contribution in [-0.2, 0) is 20.1 Å². The molecule has 0 aliphatic carbocycles. The first-order chi connectivity index (χ1) is 11.7. The van der Waals surface area contributed by atoms with E-state index in [1.54, 1.807) is 0 Å². The number of benzene rings is 2. The lowest BCUT2D eigenvalue weighted by Gasteiger charge is -2.07. The third-order valence-corrected chi connectivity index (χ3v) is 4.07. The smallest absolute Gasteiger partial charge is 0.0998 e. The summed E-state index contributed by atoms with van der Waals surface area (Å²) in [5.41, 5.74) is 6.25. The normalized spacial score (nSPS) is 10.5. The van der Waals surface area contributed by atoms with E-state index in [1.807, 2.05) is 49.1 Å². The van der Waals surface area contributed by atoms with Gasteiger partial charge in [0.1, 0.15) is 0 Å². The molecule has 120 valence electrons. The van der Waals surface area contributed by atoms with Crippen molar-refractivity contribution in [2.24, 2.45) is 7.05 Å². The predicted octanol–water partition coefficient (Wildman–Crippen LogP) is 3.56. The van der Waals surface area contributed by atoms with Crippen LogP contribution in [0.25, 0.3) is 11.1 Å². The topological polar surface area (TPSA) is 53.6 Å². The molecule has 0 saturated heterocycles. The summed E-state index contributed by atoms with van der Waals surface area (Å²) in [5, 5.41) is 17.0. The van der Waals surface area contributed by atoms with Gasteiger partial charge >= 0.3 is 0 Å². The minimum atomic E-state index is 0.704. The molecular formula is C20H20N4. The van der Waals surface area contributed by atoms with Crippen LogP contribution < -0.4 is 5.32 Å². The summed E-state index contributed by atoms with van der Waals surface area (Å²) in [6.07, 6.45) is 2.05. The van der Waals surface area contributed by atoms with E-state index >= 15 is 0 Å². The Bertz CT molecular complexity index is 869. The standard InChI is InChI=1S/C20H20N4/c1-15-19(14-24(2)23-15)13-22-12-16-7-9-17(10-8-16)20-6-4-3-5-18(20)11-21/h3-10,14,22H,12-13H2,1-2H3. The van der Waals surface area contributed by atoms with Crippen LogP contribution in [0.2, 0.25) is 0 Å². The van der Waals surface area contributed by atoms with E-state index in [0.29, 0.717) is 5.56 Å². The second-order valence-corrected chi connectivity index (χ2v) is 5.87. The molecule has 0 bridgehead atoms. The van der Waals surface area contributed by atoms with Crippen LogP contribution >= 0.6 is 0 Å². The van der Waals surface area contributed by atoms with Gasteiger partial charge in [-0.25, -0.2) is 0 Å². The van der Waals surface area contributed by atoms with E-state index in [0.717, 1.165) is 29.9 Å². The molecule has 3 rings (SSSR count). The summed E-state index contributed by atoms with van der Waals surface area (Å²) in [7, 11) is 1.94. The Labute approximate surface area is 142 Å². The highest BCUT2D eigenvalue weighted by molar-refractivity contribution is 5.70. The summed E-state index contributed by atoms with van der Waals surface area (Å²) in [6.45, 7) is 3.63. The Hall–Kier alpha value is -2.90. The van der Waals surface area contributed by atoms with Crippen LogP contribution in [0.15, 0.2) is 54.7 Å². The molecule has 24 heavy (non-hydrogen) atoms. The van der Waals surface area contributed by atoms with Crippen LogP contribution in [0.3, 0.4) is 0 Å². The van der Waals surface area contributed by atoms with Gasteiger partial charge in [-0.3, -0.25) is 4.68 Å². The summed E-state index contributed by atoms with van der Waals surface area (Å²) in [5.74, 6) is 0. The van der Waals surface area contributed by atoms with Crippen LogP contribution in [0, 0.1) is 18.3 Å². The maximum atomic E-state index is 9.22. The number of nitriles is 1. The molecule has 0 saturated carbocycles. The van der Waals surface area contributed by atoms with Gasteiger partial charge in [0, 0.05) is 31.9 Å². The van der Waals surface area contributed by atoms with E-state index in [-0.39, 0.29) is 0 Å². The number of nitrogens with zero attached hydrogens (tertiary/aromatic N) is 3. The zero-order valence-corrected chi connectivity index (χ0v) is 14.0. The first-order valence-corrected chi connectivity index (χ1v) is 7.95. The average Bonchev–Trinajstić information content (AvgIpc) is 2.93. The van der Waals surface area contributed by atoms with E-state index in [1.165, 1.54) is 11.1 Å². The molecule has 0 aliphatic heterocycles. The van der Waals surface area contributed by atoms with Gasteiger partial charge in [-0.1, -0.05) is 42.5 Å².